The van der Waals surface area contributed by atoms with E-state index in [4.69, 9.17) is 0 Å². The number of hydrogen-bond acceptors (Lipinski definition) is 4. The molecule has 1 fully saturated rings. The van der Waals surface area contributed by atoms with Crippen LogP contribution in [-0.4, -0.2) is 21.3 Å². The summed E-state index contributed by atoms with van der Waals surface area (Å²) < 4.78 is 0. The number of hydrogen-bond donors (Lipinski definition) is 1. The van der Waals surface area contributed by atoms with Crippen molar-refractivity contribution < 1.29 is 0 Å². The van der Waals surface area contributed by atoms with Crippen LogP contribution < -0.4 is 5.32 Å². The highest BCUT2D eigenvalue weighted by Crippen LogP contribution is 2.19. The summed E-state index contributed by atoms with van der Waals surface area (Å²) in [7, 11) is 0. The molecular weight excluding hydrogens is 230 g/mol. The zero-order valence-electron chi connectivity index (χ0n) is 10.9. The van der Waals surface area contributed by atoms with Gasteiger partial charge in [0, 0.05) is 18.3 Å². The smallest absolute Gasteiger partial charge is 0.138 e. The lowest BCUT2D eigenvalue weighted by Crippen LogP contribution is -2.17. The molecule has 1 saturated carbocycles. The molecule has 2 rings (SSSR count). The molecule has 1 N–H and O–H groups in total. The Morgan fingerprint density at radius 2 is 2.18 bits per heavy atom. The second kappa shape index (κ2) is 5.83. The highest BCUT2D eigenvalue weighted by molar-refractivity contribution is 7.99. The van der Waals surface area contributed by atoms with Crippen molar-refractivity contribution >= 4 is 11.8 Å². The Balaban J connectivity index is 1.94. The molecule has 0 aromatic carbocycles. The largest absolute Gasteiger partial charge is 0.308 e. The molecule has 0 saturated heterocycles. The van der Waals surface area contributed by atoms with Crippen LogP contribution in [0.25, 0.3) is 0 Å². The third-order valence-corrected chi connectivity index (χ3v) is 3.74. The monoisotopic (exact) mass is 251 g/mol. The maximum atomic E-state index is 4.61. The minimum Gasteiger partial charge on any atom is -0.308 e. The molecule has 1 heterocycles. The van der Waals surface area contributed by atoms with E-state index in [1.807, 2.05) is 18.7 Å². The van der Waals surface area contributed by atoms with Crippen molar-refractivity contribution in [3.8, 4) is 0 Å². The molecular formula is C13H21N3S. The lowest BCUT2D eigenvalue weighted by atomic mass is 10.3. The predicted octanol–water partition coefficient (Wildman–Crippen LogP) is 2.68. The van der Waals surface area contributed by atoms with Gasteiger partial charge in [-0.3, -0.25) is 0 Å². The topological polar surface area (TPSA) is 37.8 Å². The van der Waals surface area contributed by atoms with Gasteiger partial charge in [0.05, 0.1) is 11.4 Å². The molecule has 1 aromatic rings. The molecule has 1 aliphatic rings. The van der Waals surface area contributed by atoms with Gasteiger partial charge in [-0.15, -0.1) is 0 Å². The van der Waals surface area contributed by atoms with Crippen molar-refractivity contribution in [3.05, 3.63) is 23.3 Å². The van der Waals surface area contributed by atoms with Gasteiger partial charge in [-0.2, -0.15) is 11.8 Å². The lowest BCUT2D eigenvalue weighted by Gasteiger charge is -2.08. The van der Waals surface area contributed by atoms with Crippen molar-refractivity contribution in [2.24, 2.45) is 0 Å². The average molecular weight is 251 g/mol. The first-order valence-corrected chi connectivity index (χ1v) is 7.37. The molecule has 0 unspecified atom stereocenters. The number of aromatic nitrogens is 2. The fourth-order valence-corrected chi connectivity index (χ4v) is 2.24. The molecule has 0 bridgehead atoms. The van der Waals surface area contributed by atoms with Gasteiger partial charge in [0.2, 0.25) is 0 Å². The van der Waals surface area contributed by atoms with E-state index in [2.05, 4.69) is 35.2 Å². The van der Waals surface area contributed by atoms with Crippen molar-refractivity contribution in [3.63, 3.8) is 0 Å². The molecule has 94 valence electrons. The summed E-state index contributed by atoms with van der Waals surface area (Å²) in [6, 6.07) is 2.82. The number of aryl methyl sites for hydroxylation is 1. The quantitative estimate of drug-likeness (QED) is 0.843. The summed E-state index contributed by atoms with van der Waals surface area (Å²) >= 11 is 1.89. The Bertz CT molecular complexity index is 351. The SMILES string of the molecule is Cc1cc(CNC2CC2)nc(CSC(C)C)n1. The normalized spacial score (nSPS) is 15.5. The van der Waals surface area contributed by atoms with E-state index in [0.717, 1.165) is 35.6 Å². The summed E-state index contributed by atoms with van der Waals surface area (Å²) in [4.78, 5) is 9.10. The van der Waals surface area contributed by atoms with Gasteiger partial charge in [0.1, 0.15) is 5.82 Å². The molecule has 1 aliphatic carbocycles. The van der Waals surface area contributed by atoms with Crippen molar-refractivity contribution in [2.45, 2.75) is 57.2 Å². The number of rotatable bonds is 6. The molecule has 1 aromatic heterocycles. The molecule has 0 spiro atoms. The maximum Gasteiger partial charge on any atom is 0.138 e. The summed E-state index contributed by atoms with van der Waals surface area (Å²) in [5.74, 6) is 1.88. The average Bonchev–Trinajstić information content (AvgIpc) is 3.07. The summed E-state index contributed by atoms with van der Waals surface area (Å²) in [6.45, 7) is 7.34. The summed E-state index contributed by atoms with van der Waals surface area (Å²) in [6.07, 6.45) is 2.64. The van der Waals surface area contributed by atoms with Crippen LogP contribution in [0.15, 0.2) is 6.07 Å². The first-order chi connectivity index (χ1) is 8.13. The molecule has 0 aliphatic heterocycles. The third-order valence-electron chi connectivity index (χ3n) is 2.65. The second-order valence-corrected chi connectivity index (χ2v) is 6.50. The molecule has 0 radical (unpaired) electrons. The highest BCUT2D eigenvalue weighted by atomic mass is 32.2. The van der Waals surface area contributed by atoms with Gasteiger partial charge in [-0.05, 0) is 31.1 Å². The van der Waals surface area contributed by atoms with E-state index in [1.54, 1.807) is 0 Å². The number of thioether (sulfide) groups is 1. The van der Waals surface area contributed by atoms with E-state index >= 15 is 0 Å². The van der Waals surface area contributed by atoms with Crippen LogP contribution in [0.4, 0.5) is 0 Å². The van der Waals surface area contributed by atoms with E-state index in [-0.39, 0.29) is 0 Å². The number of nitrogens with one attached hydrogen (secondary N) is 1. The molecule has 3 nitrogen and oxygen atoms in total. The summed E-state index contributed by atoms with van der Waals surface area (Å²) in [5.41, 5.74) is 2.20. The fourth-order valence-electron chi connectivity index (χ4n) is 1.63. The van der Waals surface area contributed by atoms with Gasteiger partial charge in [0.25, 0.3) is 0 Å². The van der Waals surface area contributed by atoms with Crippen LogP contribution in [0.5, 0.6) is 0 Å². The van der Waals surface area contributed by atoms with Crippen LogP contribution in [-0.2, 0) is 12.3 Å². The molecule has 0 amide bonds. The van der Waals surface area contributed by atoms with E-state index < -0.39 is 0 Å². The van der Waals surface area contributed by atoms with Crippen LogP contribution in [0, 0.1) is 6.92 Å². The maximum absolute atomic E-state index is 4.61. The van der Waals surface area contributed by atoms with Crippen molar-refractivity contribution in [1.29, 1.82) is 0 Å². The van der Waals surface area contributed by atoms with Gasteiger partial charge in [-0.1, -0.05) is 13.8 Å². The Hall–Kier alpha value is -0.610. The molecule has 4 heteroatoms. The van der Waals surface area contributed by atoms with Crippen molar-refractivity contribution in [1.82, 2.24) is 15.3 Å². The second-order valence-electron chi connectivity index (χ2n) is 4.93. The van der Waals surface area contributed by atoms with E-state index in [1.165, 1.54) is 12.8 Å². The molecule has 0 atom stereocenters. The van der Waals surface area contributed by atoms with Gasteiger partial charge in [0.15, 0.2) is 0 Å². The number of nitrogens with zero attached hydrogens (tertiary/aromatic N) is 2. The van der Waals surface area contributed by atoms with Crippen LogP contribution in [0.3, 0.4) is 0 Å². The summed E-state index contributed by atoms with van der Waals surface area (Å²) in [5, 5.41) is 4.13. The minimum absolute atomic E-state index is 0.632. The lowest BCUT2D eigenvalue weighted by molar-refractivity contribution is 0.668. The van der Waals surface area contributed by atoms with Crippen LogP contribution in [0.1, 0.15) is 43.9 Å². The van der Waals surface area contributed by atoms with Crippen LogP contribution in [0.2, 0.25) is 0 Å². The Kier molecular flexibility index (Phi) is 4.40. The predicted molar refractivity (Wildman–Crippen MR) is 73.1 cm³/mol. The fraction of sp³-hybridized carbons (Fsp3) is 0.692. The van der Waals surface area contributed by atoms with Crippen molar-refractivity contribution in [2.75, 3.05) is 0 Å². The van der Waals surface area contributed by atoms with E-state index in [0.29, 0.717) is 5.25 Å². The zero-order valence-corrected chi connectivity index (χ0v) is 11.7. The highest BCUT2D eigenvalue weighted by Gasteiger charge is 2.20. The van der Waals surface area contributed by atoms with Gasteiger partial charge in [-0.25, -0.2) is 9.97 Å². The zero-order chi connectivity index (χ0) is 12.3. The van der Waals surface area contributed by atoms with Gasteiger partial charge < -0.3 is 5.32 Å². The standard InChI is InChI=1S/C13H21N3S/c1-9(2)17-8-13-15-10(3)6-12(16-13)7-14-11-4-5-11/h6,9,11,14H,4-5,7-8H2,1-3H3. The third kappa shape index (κ3) is 4.64. The Morgan fingerprint density at radius 1 is 1.41 bits per heavy atom. The Labute approximate surface area is 108 Å². The van der Waals surface area contributed by atoms with E-state index in [9.17, 15) is 0 Å². The Morgan fingerprint density at radius 3 is 2.82 bits per heavy atom. The van der Waals surface area contributed by atoms with Crippen LogP contribution >= 0.6 is 11.8 Å². The first kappa shape index (κ1) is 12.8. The first-order valence-electron chi connectivity index (χ1n) is 6.32. The minimum atomic E-state index is 0.632. The molecule has 17 heavy (non-hydrogen) atoms. The van der Waals surface area contributed by atoms with Gasteiger partial charge >= 0.3 is 0 Å².